The molecule has 5 heteroatoms. The van der Waals surface area contributed by atoms with Gasteiger partial charge in [-0.15, -0.1) is 0 Å². The van der Waals surface area contributed by atoms with E-state index in [9.17, 15) is 4.57 Å². The summed E-state index contributed by atoms with van der Waals surface area (Å²) in [6, 6.07) is 0. The van der Waals surface area contributed by atoms with Crippen molar-refractivity contribution in [2.24, 2.45) is 0 Å². The average Bonchev–Trinajstić information content (AvgIpc) is 2.36. The minimum atomic E-state index is -3.01. The van der Waals surface area contributed by atoms with Crippen molar-refractivity contribution in [1.82, 2.24) is 0 Å². The molecule has 3 nitrogen and oxygen atoms in total. The van der Waals surface area contributed by atoms with Crippen molar-refractivity contribution in [1.29, 1.82) is 0 Å². The van der Waals surface area contributed by atoms with E-state index in [0.29, 0.717) is 28.2 Å². The van der Waals surface area contributed by atoms with Gasteiger partial charge in [0.25, 0.3) is 0 Å². The normalized spacial score (nSPS) is 12.9. The van der Waals surface area contributed by atoms with Crippen molar-refractivity contribution in [2.45, 2.75) is 65.1 Å². The van der Waals surface area contributed by atoms with Crippen molar-refractivity contribution >= 4 is 22.6 Å². The number of allylic oxidation sites excluding steroid dienone is 1. The van der Waals surface area contributed by atoms with Crippen LogP contribution in [0.3, 0.4) is 0 Å². The molecule has 0 unspecified atom stereocenters. The predicted octanol–water partition coefficient (Wildman–Crippen LogP) is 5.21. The zero-order chi connectivity index (χ0) is 14.6. The van der Waals surface area contributed by atoms with E-state index in [0.717, 1.165) is 19.3 Å². The van der Waals surface area contributed by atoms with Crippen LogP contribution in [0.1, 0.15) is 59.8 Å². The van der Waals surface area contributed by atoms with Gasteiger partial charge >= 0.3 is 125 Å². The second-order valence-corrected chi connectivity index (χ2v) is 8.69. The maximum absolute atomic E-state index is 12.5. The standard InChI is InChI=1S/C14H29O3PSe/c1-5-9-11-14(19-12-10-6-2)13-18(15,16-7-3)17-8-4/h13H,5-12H2,1-4H3/b14-13-. The number of hydrogen-bond donors (Lipinski definition) is 0. The molecule has 0 spiro atoms. The molecule has 0 fully saturated rings. The quantitative estimate of drug-likeness (QED) is 0.274. The zero-order valence-corrected chi connectivity index (χ0v) is 15.4. The Hall–Kier alpha value is 0.409. The fraction of sp³-hybridized carbons (Fsp3) is 0.857. The summed E-state index contributed by atoms with van der Waals surface area (Å²) in [6.07, 6.45) is 5.81. The Morgan fingerprint density at radius 3 is 2.11 bits per heavy atom. The van der Waals surface area contributed by atoms with Gasteiger partial charge in [-0.1, -0.05) is 0 Å². The van der Waals surface area contributed by atoms with Crippen LogP contribution in [0.4, 0.5) is 0 Å². The van der Waals surface area contributed by atoms with Crippen LogP contribution in [0.25, 0.3) is 0 Å². The second kappa shape index (κ2) is 12.2. The molecule has 0 aromatic heterocycles. The molecular weight excluding hydrogens is 326 g/mol. The third-order valence-electron chi connectivity index (χ3n) is 2.48. The van der Waals surface area contributed by atoms with E-state index < -0.39 is 7.60 Å². The molecule has 0 aliphatic rings. The monoisotopic (exact) mass is 356 g/mol. The van der Waals surface area contributed by atoms with E-state index >= 15 is 0 Å². The SMILES string of the molecule is CCCC[Se]/C(=C\P(=O)(OCC)OCC)CCCC. The Kier molecular flexibility index (Phi) is 12.4. The van der Waals surface area contributed by atoms with Gasteiger partial charge in [0.1, 0.15) is 0 Å². The van der Waals surface area contributed by atoms with E-state index in [1.165, 1.54) is 22.6 Å². The van der Waals surface area contributed by atoms with Crippen LogP contribution in [0.15, 0.2) is 10.3 Å². The Morgan fingerprint density at radius 1 is 1.05 bits per heavy atom. The Balaban J connectivity index is 4.73. The molecule has 0 aromatic rings. The van der Waals surface area contributed by atoms with Gasteiger partial charge in [-0.3, -0.25) is 0 Å². The van der Waals surface area contributed by atoms with Crippen LogP contribution >= 0.6 is 7.60 Å². The summed E-state index contributed by atoms with van der Waals surface area (Å²) < 4.78 is 24.5. The maximum atomic E-state index is 12.5. The summed E-state index contributed by atoms with van der Waals surface area (Å²) in [4.78, 5) is 0. The molecule has 0 aliphatic heterocycles. The number of hydrogen-bond acceptors (Lipinski definition) is 3. The van der Waals surface area contributed by atoms with Crippen molar-refractivity contribution in [3.8, 4) is 0 Å². The minimum absolute atomic E-state index is 0.426. The summed E-state index contributed by atoms with van der Waals surface area (Å²) >= 11 is 0.426. The van der Waals surface area contributed by atoms with Crippen LogP contribution in [-0.2, 0) is 13.6 Å². The molecule has 114 valence electrons. The number of rotatable bonds is 12. The first-order valence-electron chi connectivity index (χ1n) is 7.35. The predicted molar refractivity (Wildman–Crippen MR) is 83.9 cm³/mol. The molecule has 0 bridgehead atoms. The zero-order valence-electron chi connectivity index (χ0n) is 12.8. The Labute approximate surface area is 125 Å². The van der Waals surface area contributed by atoms with Crippen LogP contribution in [-0.4, -0.2) is 28.2 Å². The molecule has 0 atom stereocenters. The fourth-order valence-electron chi connectivity index (χ4n) is 1.52. The van der Waals surface area contributed by atoms with Crippen LogP contribution in [0, 0.1) is 0 Å². The summed E-state index contributed by atoms with van der Waals surface area (Å²) in [5, 5.41) is 1.22. The molecule has 0 rings (SSSR count). The van der Waals surface area contributed by atoms with Crippen LogP contribution in [0.2, 0.25) is 5.32 Å². The van der Waals surface area contributed by atoms with Gasteiger partial charge in [-0.05, 0) is 0 Å². The molecule has 0 radical (unpaired) electrons. The molecule has 0 heterocycles. The van der Waals surface area contributed by atoms with Gasteiger partial charge in [-0.2, -0.15) is 0 Å². The van der Waals surface area contributed by atoms with E-state index in [1.807, 2.05) is 19.7 Å². The molecule has 0 saturated carbocycles. The molecule has 0 aromatic carbocycles. The van der Waals surface area contributed by atoms with E-state index in [2.05, 4.69) is 13.8 Å². The molecule has 19 heavy (non-hydrogen) atoms. The summed E-state index contributed by atoms with van der Waals surface area (Å²) in [5.41, 5.74) is 0. The summed E-state index contributed by atoms with van der Waals surface area (Å²) in [6.45, 7) is 8.95. The third-order valence-corrected chi connectivity index (χ3v) is 7.23. The average molecular weight is 355 g/mol. The van der Waals surface area contributed by atoms with Gasteiger partial charge < -0.3 is 0 Å². The molecule has 0 aliphatic carbocycles. The second-order valence-electron chi connectivity index (χ2n) is 4.28. The fourth-order valence-corrected chi connectivity index (χ4v) is 6.37. The van der Waals surface area contributed by atoms with Crippen molar-refractivity contribution in [3.05, 3.63) is 10.3 Å². The number of unbranched alkanes of at least 4 members (excludes halogenated alkanes) is 2. The first-order chi connectivity index (χ1) is 9.11. The first-order valence-corrected chi connectivity index (χ1v) is 11.0. The van der Waals surface area contributed by atoms with Crippen molar-refractivity contribution in [2.75, 3.05) is 13.2 Å². The van der Waals surface area contributed by atoms with Crippen molar-refractivity contribution < 1.29 is 13.6 Å². The summed E-state index contributed by atoms with van der Waals surface area (Å²) in [5.74, 6) is 1.81. The molecule has 0 amide bonds. The van der Waals surface area contributed by atoms with E-state index in [4.69, 9.17) is 9.05 Å². The van der Waals surface area contributed by atoms with E-state index in [1.54, 1.807) is 0 Å². The first kappa shape index (κ1) is 19.4. The molecule has 0 N–H and O–H groups in total. The van der Waals surface area contributed by atoms with E-state index in [-0.39, 0.29) is 0 Å². The molecular formula is C14H29O3PSe. The van der Waals surface area contributed by atoms with Gasteiger partial charge in [0.15, 0.2) is 0 Å². The van der Waals surface area contributed by atoms with Crippen LogP contribution < -0.4 is 0 Å². The molecule has 0 saturated heterocycles. The summed E-state index contributed by atoms with van der Waals surface area (Å²) in [7, 11) is -3.01. The van der Waals surface area contributed by atoms with Crippen molar-refractivity contribution in [3.63, 3.8) is 0 Å². The topological polar surface area (TPSA) is 35.5 Å². The van der Waals surface area contributed by atoms with Gasteiger partial charge in [-0.25, -0.2) is 0 Å². The Morgan fingerprint density at radius 2 is 1.63 bits per heavy atom. The third kappa shape index (κ3) is 9.87. The van der Waals surface area contributed by atoms with Gasteiger partial charge in [0, 0.05) is 0 Å². The van der Waals surface area contributed by atoms with Gasteiger partial charge in [0.2, 0.25) is 0 Å². The Bertz CT molecular complexity index is 282. The van der Waals surface area contributed by atoms with Crippen LogP contribution in [0.5, 0.6) is 0 Å². The van der Waals surface area contributed by atoms with Gasteiger partial charge in [0.05, 0.1) is 0 Å².